The van der Waals surface area contributed by atoms with Crippen LogP contribution in [0.1, 0.15) is 40.5 Å². The third kappa shape index (κ3) is 3.13. The van der Waals surface area contributed by atoms with E-state index < -0.39 is 23.2 Å². The van der Waals surface area contributed by atoms with Gasteiger partial charge in [0.25, 0.3) is 0 Å². The van der Waals surface area contributed by atoms with Gasteiger partial charge in [0, 0.05) is 12.6 Å². The first kappa shape index (κ1) is 14.8. The molecule has 0 bridgehead atoms. The normalized spacial score (nSPS) is 28.9. The Bertz CT molecular complexity index is 350. The molecule has 1 aliphatic heterocycles. The highest BCUT2D eigenvalue weighted by atomic mass is 16.6. The van der Waals surface area contributed by atoms with Crippen LogP contribution < -0.4 is 5.73 Å². The lowest BCUT2D eigenvalue weighted by molar-refractivity contribution is -0.152. The topological polar surface area (TPSA) is 92.9 Å². The molecule has 0 unspecified atom stereocenters. The average Bonchev–Trinajstić information content (AvgIpc) is 2.13. The Labute approximate surface area is 107 Å². The number of hydrogen-bond acceptors (Lipinski definition) is 4. The first-order valence-electron chi connectivity index (χ1n) is 6.06. The summed E-state index contributed by atoms with van der Waals surface area (Å²) in [5, 5.41) is 9.33. The fourth-order valence-electron chi connectivity index (χ4n) is 2.08. The van der Waals surface area contributed by atoms with E-state index in [1.807, 2.05) is 0 Å². The number of ether oxygens (including phenoxy) is 1. The van der Waals surface area contributed by atoms with E-state index in [9.17, 15) is 14.7 Å². The Morgan fingerprint density at radius 2 is 2.00 bits per heavy atom. The van der Waals surface area contributed by atoms with Gasteiger partial charge in [0.2, 0.25) is 0 Å². The van der Waals surface area contributed by atoms with Crippen molar-refractivity contribution in [3.05, 3.63) is 0 Å². The van der Waals surface area contributed by atoms with Crippen LogP contribution in [0, 0.1) is 0 Å². The number of carbonyl (C=O) groups excluding carboxylic acids is 1. The molecule has 1 fully saturated rings. The zero-order valence-electron chi connectivity index (χ0n) is 11.4. The first-order valence-corrected chi connectivity index (χ1v) is 6.06. The number of carboxylic acid groups (broad SMARTS) is 1. The molecule has 3 N–H and O–H groups in total. The van der Waals surface area contributed by atoms with Crippen LogP contribution in [-0.2, 0) is 9.53 Å². The van der Waals surface area contributed by atoms with Crippen LogP contribution in [0.4, 0.5) is 4.79 Å². The van der Waals surface area contributed by atoms with Crippen molar-refractivity contribution < 1.29 is 19.4 Å². The molecule has 0 aromatic rings. The maximum Gasteiger partial charge on any atom is 0.411 e. The summed E-state index contributed by atoms with van der Waals surface area (Å²) in [6.07, 6.45) is 0.225. The highest BCUT2D eigenvalue weighted by Crippen LogP contribution is 2.29. The summed E-state index contributed by atoms with van der Waals surface area (Å²) < 4.78 is 5.24. The van der Waals surface area contributed by atoms with E-state index in [1.54, 1.807) is 20.8 Å². The smallest absolute Gasteiger partial charge is 0.411 e. The molecule has 0 radical (unpaired) electrons. The lowest BCUT2D eigenvalue weighted by atomic mass is 9.86. The van der Waals surface area contributed by atoms with Crippen LogP contribution in [0.25, 0.3) is 0 Å². The predicted molar refractivity (Wildman–Crippen MR) is 66.2 cm³/mol. The van der Waals surface area contributed by atoms with Crippen molar-refractivity contribution in [3.8, 4) is 0 Å². The Balaban J connectivity index is 2.91. The minimum absolute atomic E-state index is 0.204. The number of carbonyl (C=O) groups is 2. The molecule has 0 aromatic carbocycles. The predicted octanol–water partition coefficient (Wildman–Crippen LogP) is 1.19. The number of piperidine rings is 1. The average molecular weight is 258 g/mol. The second-order valence-electron chi connectivity index (χ2n) is 5.96. The number of nitrogens with two attached hydrogens (primary N) is 1. The van der Waals surface area contributed by atoms with E-state index in [2.05, 4.69) is 0 Å². The Morgan fingerprint density at radius 1 is 1.44 bits per heavy atom. The number of carboxylic acids is 1. The zero-order chi connectivity index (χ0) is 14.1. The highest BCUT2D eigenvalue weighted by Gasteiger charge is 2.47. The van der Waals surface area contributed by atoms with Crippen LogP contribution in [0.3, 0.4) is 0 Å². The molecule has 1 amide bonds. The zero-order valence-corrected chi connectivity index (χ0v) is 11.4. The van der Waals surface area contributed by atoms with Gasteiger partial charge in [-0.25, -0.2) is 9.59 Å². The molecular weight excluding hydrogens is 236 g/mol. The van der Waals surface area contributed by atoms with E-state index in [1.165, 1.54) is 11.8 Å². The van der Waals surface area contributed by atoms with Crippen LogP contribution in [-0.4, -0.2) is 45.8 Å². The van der Waals surface area contributed by atoms with Gasteiger partial charge in [0.1, 0.15) is 11.1 Å². The van der Waals surface area contributed by atoms with Gasteiger partial charge in [-0.2, -0.15) is 0 Å². The van der Waals surface area contributed by atoms with Crippen molar-refractivity contribution in [1.82, 2.24) is 4.90 Å². The van der Waals surface area contributed by atoms with E-state index in [4.69, 9.17) is 10.5 Å². The quantitative estimate of drug-likeness (QED) is 0.737. The minimum atomic E-state index is -1.29. The van der Waals surface area contributed by atoms with Gasteiger partial charge in [-0.1, -0.05) is 0 Å². The second-order valence-corrected chi connectivity index (χ2v) is 5.96. The summed E-state index contributed by atoms with van der Waals surface area (Å²) in [5.74, 6) is -1.05. The monoisotopic (exact) mass is 258 g/mol. The van der Waals surface area contributed by atoms with Crippen molar-refractivity contribution in [2.24, 2.45) is 5.73 Å². The number of nitrogens with zero attached hydrogens (tertiary/aromatic N) is 1. The number of amides is 1. The number of likely N-dealkylation sites (tertiary alicyclic amines) is 1. The lowest BCUT2D eigenvalue weighted by Gasteiger charge is -2.43. The Hall–Kier alpha value is -1.30. The molecule has 1 heterocycles. The van der Waals surface area contributed by atoms with Crippen molar-refractivity contribution in [3.63, 3.8) is 0 Å². The van der Waals surface area contributed by atoms with Gasteiger partial charge in [-0.15, -0.1) is 0 Å². The third-order valence-corrected chi connectivity index (χ3v) is 3.05. The molecule has 1 saturated heterocycles. The van der Waals surface area contributed by atoms with Gasteiger partial charge in [0.05, 0.1) is 0 Å². The summed E-state index contributed by atoms with van der Waals surface area (Å²) in [6, 6.07) is -0.204. The van der Waals surface area contributed by atoms with Gasteiger partial charge in [-0.3, -0.25) is 4.90 Å². The Kier molecular flexibility index (Phi) is 3.90. The molecule has 2 atom stereocenters. The summed E-state index contributed by atoms with van der Waals surface area (Å²) in [5.41, 5.74) is 3.86. The van der Waals surface area contributed by atoms with E-state index in [0.29, 0.717) is 13.0 Å². The number of rotatable bonds is 1. The van der Waals surface area contributed by atoms with Gasteiger partial charge in [0.15, 0.2) is 0 Å². The number of hydrogen-bond donors (Lipinski definition) is 2. The van der Waals surface area contributed by atoms with Gasteiger partial charge >= 0.3 is 12.1 Å². The molecule has 0 aliphatic carbocycles. The van der Waals surface area contributed by atoms with E-state index >= 15 is 0 Å². The molecule has 6 heteroatoms. The molecule has 0 aromatic heterocycles. The van der Waals surface area contributed by atoms with E-state index in [-0.39, 0.29) is 12.5 Å². The van der Waals surface area contributed by atoms with Crippen LogP contribution >= 0.6 is 0 Å². The maximum absolute atomic E-state index is 12.0. The van der Waals surface area contributed by atoms with Crippen molar-refractivity contribution >= 4 is 12.1 Å². The molecule has 0 saturated carbocycles. The molecule has 6 nitrogen and oxygen atoms in total. The van der Waals surface area contributed by atoms with Crippen molar-refractivity contribution in [1.29, 1.82) is 0 Å². The molecule has 0 spiro atoms. The molecular formula is C12H22N2O4. The fourth-order valence-corrected chi connectivity index (χ4v) is 2.08. The van der Waals surface area contributed by atoms with Crippen molar-refractivity contribution in [2.75, 3.05) is 6.54 Å². The summed E-state index contributed by atoms with van der Waals surface area (Å²) in [7, 11) is 0. The standard InChI is InChI=1S/C12H22N2O4/c1-11(2,3)18-10(17)14-6-5-8(13)7-12(14,4)9(15)16/h8H,5-7,13H2,1-4H3,(H,15,16)/t8-,12-/m1/s1. The highest BCUT2D eigenvalue weighted by molar-refractivity contribution is 5.84. The molecule has 1 aliphatic rings. The third-order valence-electron chi connectivity index (χ3n) is 3.05. The second kappa shape index (κ2) is 4.76. The SMILES string of the molecule is CC(C)(C)OC(=O)N1CC[C@@H](N)C[C@]1(C)C(=O)O. The van der Waals surface area contributed by atoms with Crippen molar-refractivity contribution in [2.45, 2.75) is 57.7 Å². The molecule has 18 heavy (non-hydrogen) atoms. The van der Waals surface area contributed by atoms with E-state index in [0.717, 1.165) is 0 Å². The number of aliphatic carboxylic acids is 1. The van der Waals surface area contributed by atoms with Crippen LogP contribution in [0.15, 0.2) is 0 Å². The Morgan fingerprint density at radius 3 is 2.44 bits per heavy atom. The fraction of sp³-hybridized carbons (Fsp3) is 0.833. The summed E-state index contributed by atoms with van der Waals surface area (Å²) >= 11 is 0. The van der Waals surface area contributed by atoms with Gasteiger partial charge < -0.3 is 15.6 Å². The summed E-state index contributed by atoms with van der Waals surface area (Å²) in [4.78, 5) is 24.7. The largest absolute Gasteiger partial charge is 0.480 e. The minimum Gasteiger partial charge on any atom is -0.480 e. The molecule has 104 valence electrons. The maximum atomic E-state index is 12.0. The summed E-state index contributed by atoms with van der Waals surface area (Å²) in [6.45, 7) is 7.06. The first-order chi connectivity index (χ1) is 8.06. The van der Waals surface area contributed by atoms with Crippen LogP contribution in [0.5, 0.6) is 0 Å². The van der Waals surface area contributed by atoms with Gasteiger partial charge in [-0.05, 0) is 40.5 Å². The lowest BCUT2D eigenvalue weighted by Crippen LogP contribution is -2.62. The molecule has 1 rings (SSSR count). The van der Waals surface area contributed by atoms with Crippen LogP contribution in [0.2, 0.25) is 0 Å².